The smallest absolute Gasteiger partial charge is 0.282 e. The van der Waals surface area contributed by atoms with E-state index in [1.807, 2.05) is 28.7 Å². The number of nitrogens with zero attached hydrogens (tertiary/aromatic N) is 1. The number of rotatable bonds is 4. The summed E-state index contributed by atoms with van der Waals surface area (Å²) in [7, 11) is 0. The van der Waals surface area contributed by atoms with Crippen LogP contribution in [0.25, 0.3) is 0 Å². The third kappa shape index (κ3) is 3.11. The highest BCUT2D eigenvalue weighted by Gasteiger charge is 2.22. The van der Waals surface area contributed by atoms with Crippen molar-refractivity contribution in [2.75, 3.05) is 18.5 Å². The van der Waals surface area contributed by atoms with E-state index < -0.39 is 0 Å². The number of hydrogen-bond donors (Lipinski definition) is 1. The lowest BCUT2D eigenvalue weighted by Crippen LogP contribution is -2.26. The Kier molecular flexibility index (Phi) is 4.39. The highest BCUT2D eigenvalue weighted by molar-refractivity contribution is 14.1. The zero-order valence-corrected chi connectivity index (χ0v) is 12.2. The van der Waals surface area contributed by atoms with Crippen LogP contribution in [0.4, 0.5) is 11.4 Å². The molecule has 2 rings (SSSR count). The second-order valence-electron chi connectivity index (χ2n) is 4.48. The van der Waals surface area contributed by atoms with Crippen molar-refractivity contribution < 1.29 is 9.66 Å². The molecule has 0 saturated carbocycles. The normalized spacial score (nSPS) is 20.7. The van der Waals surface area contributed by atoms with Crippen LogP contribution in [-0.2, 0) is 4.74 Å². The Labute approximate surface area is 119 Å². The van der Waals surface area contributed by atoms with Gasteiger partial charge < -0.3 is 10.1 Å². The Morgan fingerprint density at radius 1 is 1.61 bits per heavy atom. The predicted octanol–water partition coefficient (Wildman–Crippen LogP) is 3.04. The number of anilines is 1. The summed E-state index contributed by atoms with van der Waals surface area (Å²) in [5.41, 5.74) is 1.07. The quantitative estimate of drug-likeness (QED) is 0.508. The monoisotopic (exact) mass is 362 g/mol. The molecule has 1 heterocycles. The molecule has 0 radical (unpaired) electrons. The first-order valence-electron chi connectivity index (χ1n) is 5.86. The van der Waals surface area contributed by atoms with Crippen molar-refractivity contribution >= 4 is 34.0 Å². The maximum Gasteiger partial charge on any atom is 0.282 e. The molecule has 5 nitrogen and oxygen atoms in total. The van der Waals surface area contributed by atoms with Gasteiger partial charge in [0, 0.05) is 30.3 Å². The molecule has 2 unspecified atom stereocenters. The van der Waals surface area contributed by atoms with Crippen LogP contribution < -0.4 is 5.32 Å². The van der Waals surface area contributed by atoms with Gasteiger partial charge in [-0.2, -0.15) is 0 Å². The number of benzene rings is 1. The van der Waals surface area contributed by atoms with E-state index in [0.717, 1.165) is 25.3 Å². The molecule has 1 aromatic rings. The molecule has 6 heteroatoms. The van der Waals surface area contributed by atoms with Gasteiger partial charge in [0.15, 0.2) is 0 Å². The molecule has 1 saturated heterocycles. The Morgan fingerprint density at radius 2 is 2.39 bits per heavy atom. The first-order valence-corrected chi connectivity index (χ1v) is 6.94. The van der Waals surface area contributed by atoms with Crippen molar-refractivity contribution in [2.24, 2.45) is 5.92 Å². The van der Waals surface area contributed by atoms with Gasteiger partial charge >= 0.3 is 0 Å². The van der Waals surface area contributed by atoms with Gasteiger partial charge in [-0.15, -0.1) is 0 Å². The summed E-state index contributed by atoms with van der Waals surface area (Å²) >= 11 is 1.99. The maximum atomic E-state index is 10.7. The van der Waals surface area contributed by atoms with E-state index in [4.69, 9.17) is 4.74 Å². The third-order valence-electron chi connectivity index (χ3n) is 3.21. The molecule has 98 valence electrons. The molecule has 2 atom stereocenters. The van der Waals surface area contributed by atoms with Gasteiger partial charge in [-0.3, -0.25) is 10.1 Å². The van der Waals surface area contributed by atoms with Gasteiger partial charge in [0.05, 0.1) is 15.1 Å². The molecule has 1 fully saturated rings. The van der Waals surface area contributed by atoms with Crippen LogP contribution in [0.3, 0.4) is 0 Å². The van der Waals surface area contributed by atoms with Crippen LogP contribution in [0.15, 0.2) is 18.2 Å². The van der Waals surface area contributed by atoms with Gasteiger partial charge in [-0.25, -0.2) is 0 Å². The van der Waals surface area contributed by atoms with Gasteiger partial charge in [-0.05, 0) is 48.1 Å². The molecular formula is C12H15IN2O3. The maximum absolute atomic E-state index is 10.7. The lowest BCUT2D eigenvalue weighted by atomic mass is 10.0. The summed E-state index contributed by atoms with van der Waals surface area (Å²) in [5.74, 6) is 0.512. The zero-order chi connectivity index (χ0) is 13.1. The van der Waals surface area contributed by atoms with E-state index in [0.29, 0.717) is 15.5 Å². The lowest BCUT2D eigenvalue weighted by molar-refractivity contribution is -0.385. The fourth-order valence-electron chi connectivity index (χ4n) is 2.07. The fraction of sp³-hybridized carbons (Fsp3) is 0.500. The number of nitro groups is 1. The summed E-state index contributed by atoms with van der Waals surface area (Å²) < 4.78 is 6.01. The molecule has 18 heavy (non-hydrogen) atoms. The number of nitrogens with one attached hydrogen (secondary N) is 1. The van der Waals surface area contributed by atoms with Crippen molar-refractivity contribution in [1.82, 2.24) is 0 Å². The van der Waals surface area contributed by atoms with Gasteiger partial charge in [0.1, 0.15) is 0 Å². The van der Waals surface area contributed by atoms with E-state index in [9.17, 15) is 10.1 Å². The Hall–Kier alpha value is -0.890. The standard InChI is InChI=1S/C12H15IN2O3/c1-8(9-4-5-18-7-9)14-10-2-3-12(15(16)17)11(13)6-10/h2-3,6,8-9,14H,4-5,7H2,1H3. The van der Waals surface area contributed by atoms with Crippen molar-refractivity contribution in [2.45, 2.75) is 19.4 Å². The minimum absolute atomic E-state index is 0.151. The molecule has 1 aliphatic heterocycles. The fourth-order valence-corrected chi connectivity index (χ4v) is 2.78. The predicted molar refractivity (Wildman–Crippen MR) is 77.8 cm³/mol. The molecule has 1 aromatic carbocycles. The Bertz CT molecular complexity index is 447. The number of halogens is 1. The van der Waals surface area contributed by atoms with E-state index in [1.54, 1.807) is 12.1 Å². The first kappa shape index (κ1) is 13.5. The molecular weight excluding hydrogens is 347 g/mol. The highest BCUT2D eigenvalue weighted by Crippen LogP contribution is 2.26. The number of ether oxygens (including phenoxy) is 1. The molecule has 1 N–H and O–H groups in total. The summed E-state index contributed by atoms with van der Waals surface area (Å²) in [4.78, 5) is 10.4. The second kappa shape index (κ2) is 5.83. The molecule has 0 aromatic heterocycles. The topological polar surface area (TPSA) is 64.4 Å². The molecule has 0 spiro atoms. The first-order chi connectivity index (χ1) is 8.58. The van der Waals surface area contributed by atoms with Crippen molar-refractivity contribution in [1.29, 1.82) is 0 Å². The van der Waals surface area contributed by atoms with Gasteiger partial charge in [0.2, 0.25) is 0 Å². The van der Waals surface area contributed by atoms with Crippen molar-refractivity contribution in [3.63, 3.8) is 0 Å². The molecule has 0 aliphatic carbocycles. The van der Waals surface area contributed by atoms with E-state index in [-0.39, 0.29) is 10.6 Å². The molecule has 0 bridgehead atoms. The SMILES string of the molecule is CC(Nc1ccc([N+](=O)[O-])c(I)c1)C1CCOC1. The average molecular weight is 362 g/mol. The van der Waals surface area contributed by atoms with Gasteiger partial charge in [0.25, 0.3) is 5.69 Å². The van der Waals surface area contributed by atoms with E-state index >= 15 is 0 Å². The minimum Gasteiger partial charge on any atom is -0.382 e. The highest BCUT2D eigenvalue weighted by atomic mass is 127. The lowest BCUT2D eigenvalue weighted by Gasteiger charge is -2.20. The molecule has 1 aliphatic rings. The Balaban J connectivity index is 2.05. The summed E-state index contributed by atoms with van der Waals surface area (Å²) in [6.07, 6.45) is 1.07. The minimum atomic E-state index is -0.361. The summed E-state index contributed by atoms with van der Waals surface area (Å²) in [5, 5.41) is 14.1. The summed E-state index contributed by atoms with van der Waals surface area (Å²) in [6, 6.07) is 5.42. The third-order valence-corrected chi connectivity index (χ3v) is 4.07. The van der Waals surface area contributed by atoms with Crippen LogP contribution in [0.1, 0.15) is 13.3 Å². The van der Waals surface area contributed by atoms with Crippen LogP contribution in [0, 0.1) is 19.6 Å². The van der Waals surface area contributed by atoms with Crippen LogP contribution in [-0.4, -0.2) is 24.2 Å². The Morgan fingerprint density at radius 3 is 2.94 bits per heavy atom. The van der Waals surface area contributed by atoms with Crippen molar-refractivity contribution in [3.05, 3.63) is 31.9 Å². The van der Waals surface area contributed by atoms with Crippen LogP contribution in [0.2, 0.25) is 0 Å². The van der Waals surface area contributed by atoms with E-state index in [2.05, 4.69) is 12.2 Å². The largest absolute Gasteiger partial charge is 0.382 e. The molecule has 0 amide bonds. The van der Waals surface area contributed by atoms with Crippen LogP contribution in [0.5, 0.6) is 0 Å². The number of nitro benzene ring substituents is 1. The van der Waals surface area contributed by atoms with Crippen molar-refractivity contribution in [3.8, 4) is 0 Å². The summed E-state index contributed by atoms with van der Waals surface area (Å²) in [6.45, 7) is 3.74. The second-order valence-corrected chi connectivity index (χ2v) is 5.64. The van der Waals surface area contributed by atoms with Crippen LogP contribution >= 0.6 is 22.6 Å². The average Bonchev–Trinajstić information content (AvgIpc) is 2.81. The van der Waals surface area contributed by atoms with Gasteiger partial charge in [-0.1, -0.05) is 0 Å². The zero-order valence-electron chi connectivity index (χ0n) is 10.1. The number of hydrogen-bond acceptors (Lipinski definition) is 4. The van der Waals surface area contributed by atoms with E-state index in [1.165, 1.54) is 0 Å².